The van der Waals surface area contributed by atoms with Crippen molar-refractivity contribution in [3.05, 3.63) is 82.5 Å². The van der Waals surface area contributed by atoms with Crippen molar-refractivity contribution in [3.63, 3.8) is 0 Å². The third kappa shape index (κ3) is 5.60. The molecule has 0 bridgehead atoms. The molecule has 0 aliphatic carbocycles. The smallest absolute Gasteiger partial charge is 0.355 e. The van der Waals surface area contributed by atoms with Crippen molar-refractivity contribution in [2.75, 3.05) is 13.7 Å². The fraction of sp³-hybridized carbons (Fsp3) is 0.100. The highest BCUT2D eigenvalue weighted by molar-refractivity contribution is 9.10. The summed E-state index contributed by atoms with van der Waals surface area (Å²) < 4.78 is 11.0. The van der Waals surface area contributed by atoms with Crippen LogP contribution in [-0.2, 0) is 9.53 Å². The molecule has 0 saturated heterocycles. The second-order valence-electron chi connectivity index (χ2n) is 5.18. The van der Waals surface area contributed by atoms with Gasteiger partial charge in [0.1, 0.15) is 18.1 Å². The Morgan fingerprint density at radius 3 is 2.35 bits per heavy atom. The van der Waals surface area contributed by atoms with Gasteiger partial charge in [-0.25, -0.2) is 4.79 Å². The molecule has 0 aliphatic heterocycles. The lowest BCUT2D eigenvalue weighted by Crippen LogP contribution is -2.28. The van der Waals surface area contributed by atoms with Gasteiger partial charge in [-0.1, -0.05) is 40.7 Å². The first-order chi connectivity index (χ1) is 12.5. The first kappa shape index (κ1) is 19.5. The van der Waals surface area contributed by atoms with E-state index in [0.29, 0.717) is 16.9 Å². The quantitative estimate of drug-likeness (QED) is 0.422. The third-order valence-corrected chi connectivity index (χ3v) is 3.86. The second kappa shape index (κ2) is 9.58. The molecule has 0 atom stereocenters. The van der Waals surface area contributed by atoms with Crippen molar-refractivity contribution in [1.82, 2.24) is 5.32 Å². The van der Waals surface area contributed by atoms with E-state index in [2.05, 4.69) is 27.8 Å². The molecular formula is C20H18BrNO4. The number of ether oxygens (including phenoxy) is 2. The minimum atomic E-state index is -0.647. The highest BCUT2D eigenvalue weighted by Gasteiger charge is 2.15. The van der Waals surface area contributed by atoms with Gasteiger partial charge in [-0.05, 0) is 48.0 Å². The molecule has 0 spiro atoms. The van der Waals surface area contributed by atoms with E-state index in [4.69, 9.17) is 9.47 Å². The monoisotopic (exact) mass is 415 g/mol. The van der Waals surface area contributed by atoms with Crippen LogP contribution in [0.4, 0.5) is 0 Å². The zero-order valence-electron chi connectivity index (χ0n) is 14.2. The topological polar surface area (TPSA) is 64.6 Å². The SMILES string of the molecule is C=CCOC(=O)/C(=C/c1ccc(OC)cc1)NC(=O)c1ccc(Br)cc1. The number of halogens is 1. The van der Waals surface area contributed by atoms with Crippen LogP contribution in [0.25, 0.3) is 6.08 Å². The Balaban J connectivity index is 2.25. The maximum atomic E-state index is 12.4. The van der Waals surface area contributed by atoms with Gasteiger partial charge in [-0.15, -0.1) is 0 Å². The Kier molecular flexibility index (Phi) is 7.17. The number of methoxy groups -OCH3 is 1. The zero-order valence-corrected chi connectivity index (χ0v) is 15.8. The van der Waals surface area contributed by atoms with Crippen LogP contribution in [0, 0.1) is 0 Å². The molecule has 0 aliphatic rings. The zero-order chi connectivity index (χ0) is 18.9. The Morgan fingerprint density at radius 1 is 1.12 bits per heavy atom. The first-order valence-electron chi connectivity index (χ1n) is 7.74. The minimum Gasteiger partial charge on any atom is -0.497 e. The van der Waals surface area contributed by atoms with Gasteiger partial charge in [-0.3, -0.25) is 4.79 Å². The molecule has 2 rings (SSSR count). The summed E-state index contributed by atoms with van der Waals surface area (Å²) in [5.74, 6) is -0.365. The van der Waals surface area contributed by atoms with Crippen molar-refractivity contribution in [3.8, 4) is 5.75 Å². The van der Waals surface area contributed by atoms with Crippen LogP contribution in [0.5, 0.6) is 5.75 Å². The fourth-order valence-electron chi connectivity index (χ4n) is 2.02. The molecule has 0 heterocycles. The summed E-state index contributed by atoms with van der Waals surface area (Å²) in [4.78, 5) is 24.7. The van der Waals surface area contributed by atoms with Crippen LogP contribution >= 0.6 is 15.9 Å². The summed E-state index contributed by atoms with van der Waals surface area (Å²) in [5.41, 5.74) is 1.17. The summed E-state index contributed by atoms with van der Waals surface area (Å²) in [5, 5.41) is 2.61. The van der Waals surface area contributed by atoms with Crippen LogP contribution in [-0.4, -0.2) is 25.6 Å². The van der Waals surface area contributed by atoms with Crippen molar-refractivity contribution in [1.29, 1.82) is 0 Å². The number of nitrogens with one attached hydrogen (secondary N) is 1. The van der Waals surface area contributed by atoms with E-state index in [1.54, 1.807) is 61.7 Å². The van der Waals surface area contributed by atoms with Gasteiger partial charge in [0.15, 0.2) is 0 Å². The molecular weight excluding hydrogens is 398 g/mol. The van der Waals surface area contributed by atoms with Crippen molar-refractivity contribution in [2.24, 2.45) is 0 Å². The average molecular weight is 416 g/mol. The summed E-state index contributed by atoms with van der Waals surface area (Å²) >= 11 is 3.32. The molecule has 0 aromatic heterocycles. The maximum absolute atomic E-state index is 12.4. The highest BCUT2D eigenvalue weighted by Crippen LogP contribution is 2.15. The lowest BCUT2D eigenvalue weighted by Gasteiger charge is -2.10. The van der Waals surface area contributed by atoms with Crippen LogP contribution in [0.3, 0.4) is 0 Å². The third-order valence-electron chi connectivity index (χ3n) is 3.33. The lowest BCUT2D eigenvalue weighted by molar-refractivity contribution is -0.138. The Bertz CT molecular complexity index is 811. The molecule has 2 aromatic rings. The molecule has 6 heteroatoms. The normalized spacial score (nSPS) is 10.8. The average Bonchev–Trinajstić information content (AvgIpc) is 2.66. The van der Waals surface area contributed by atoms with Gasteiger partial charge in [0.25, 0.3) is 5.91 Å². The Labute approximate surface area is 160 Å². The number of amides is 1. The van der Waals surface area contributed by atoms with Gasteiger partial charge in [0.05, 0.1) is 7.11 Å². The fourth-order valence-corrected chi connectivity index (χ4v) is 2.29. The van der Waals surface area contributed by atoms with Crippen molar-refractivity contribution < 1.29 is 19.1 Å². The molecule has 134 valence electrons. The molecule has 2 aromatic carbocycles. The van der Waals surface area contributed by atoms with Crippen molar-refractivity contribution >= 4 is 33.9 Å². The lowest BCUT2D eigenvalue weighted by atomic mass is 10.1. The van der Waals surface area contributed by atoms with E-state index >= 15 is 0 Å². The van der Waals surface area contributed by atoms with E-state index in [9.17, 15) is 9.59 Å². The van der Waals surface area contributed by atoms with Crippen LogP contribution in [0.15, 0.2) is 71.4 Å². The Morgan fingerprint density at radius 2 is 1.77 bits per heavy atom. The molecule has 0 fully saturated rings. The van der Waals surface area contributed by atoms with Crippen molar-refractivity contribution in [2.45, 2.75) is 0 Å². The second-order valence-corrected chi connectivity index (χ2v) is 6.10. The molecule has 26 heavy (non-hydrogen) atoms. The summed E-state index contributed by atoms with van der Waals surface area (Å²) in [6.07, 6.45) is 3.00. The van der Waals surface area contributed by atoms with E-state index in [1.807, 2.05) is 0 Å². The number of carbonyl (C=O) groups is 2. The molecule has 0 radical (unpaired) electrons. The van der Waals surface area contributed by atoms with Crippen LogP contribution in [0.2, 0.25) is 0 Å². The first-order valence-corrected chi connectivity index (χ1v) is 8.53. The number of rotatable bonds is 7. The standard InChI is InChI=1S/C20H18BrNO4/c1-3-12-26-20(24)18(13-14-4-10-17(25-2)11-5-14)22-19(23)15-6-8-16(21)9-7-15/h3-11,13H,1,12H2,2H3,(H,22,23)/b18-13-. The number of carbonyl (C=O) groups excluding carboxylic acids is 2. The number of hydrogen-bond donors (Lipinski definition) is 1. The highest BCUT2D eigenvalue weighted by atomic mass is 79.9. The summed E-state index contributed by atoms with van der Waals surface area (Å²) in [6, 6.07) is 13.9. The molecule has 1 amide bonds. The Hall–Kier alpha value is -2.86. The van der Waals surface area contributed by atoms with Crippen LogP contribution < -0.4 is 10.1 Å². The van der Waals surface area contributed by atoms with Gasteiger partial charge in [0.2, 0.25) is 0 Å². The number of hydrogen-bond acceptors (Lipinski definition) is 4. The maximum Gasteiger partial charge on any atom is 0.355 e. The van der Waals surface area contributed by atoms with Gasteiger partial charge in [0, 0.05) is 10.0 Å². The van der Waals surface area contributed by atoms with E-state index < -0.39 is 11.9 Å². The number of benzene rings is 2. The molecule has 0 unspecified atom stereocenters. The molecule has 5 nitrogen and oxygen atoms in total. The van der Waals surface area contributed by atoms with Gasteiger partial charge >= 0.3 is 5.97 Å². The van der Waals surface area contributed by atoms with E-state index in [1.165, 1.54) is 6.08 Å². The summed E-state index contributed by atoms with van der Waals surface area (Å²) in [7, 11) is 1.57. The van der Waals surface area contributed by atoms with E-state index in [-0.39, 0.29) is 12.3 Å². The van der Waals surface area contributed by atoms with Crippen LogP contribution in [0.1, 0.15) is 15.9 Å². The molecule has 0 saturated carbocycles. The molecule has 1 N–H and O–H groups in total. The van der Waals surface area contributed by atoms with Gasteiger partial charge in [-0.2, -0.15) is 0 Å². The minimum absolute atomic E-state index is 0.0323. The predicted molar refractivity (Wildman–Crippen MR) is 104 cm³/mol. The largest absolute Gasteiger partial charge is 0.497 e. The van der Waals surface area contributed by atoms with Gasteiger partial charge < -0.3 is 14.8 Å². The van der Waals surface area contributed by atoms with E-state index in [0.717, 1.165) is 4.47 Å². The summed E-state index contributed by atoms with van der Waals surface area (Å²) in [6.45, 7) is 3.56. The number of esters is 1. The predicted octanol–water partition coefficient (Wildman–Crippen LogP) is 3.96.